The highest BCUT2D eigenvalue weighted by Gasteiger charge is 2.30. The van der Waals surface area contributed by atoms with E-state index in [-0.39, 0.29) is 0 Å². The Morgan fingerprint density at radius 2 is 1.65 bits per heavy atom. The van der Waals surface area contributed by atoms with Crippen LogP contribution in [0.15, 0.2) is 85.2 Å². The summed E-state index contributed by atoms with van der Waals surface area (Å²) in [6.45, 7) is 0. The molecule has 5 aromatic rings. The molecule has 0 amide bonds. The Kier molecular flexibility index (Phi) is 6.68. The first-order chi connectivity index (χ1) is 17.8. The molecule has 2 N–H and O–H groups in total. The van der Waals surface area contributed by atoms with Gasteiger partial charge in [0.15, 0.2) is 11.6 Å². The monoisotopic (exact) mass is 520 g/mol. The van der Waals surface area contributed by atoms with Crippen molar-refractivity contribution in [2.45, 2.75) is 18.7 Å². The lowest BCUT2D eigenvalue weighted by molar-refractivity contribution is -0.137. The Bertz CT molecular complexity index is 1550. The van der Waals surface area contributed by atoms with Gasteiger partial charge in [0, 0.05) is 17.7 Å². The van der Waals surface area contributed by atoms with Crippen LogP contribution >= 0.6 is 11.3 Å². The lowest BCUT2D eigenvalue weighted by atomic mass is 9.95. The number of anilines is 2. The molecule has 0 spiro atoms. The van der Waals surface area contributed by atoms with Crippen LogP contribution in [0.3, 0.4) is 0 Å². The van der Waals surface area contributed by atoms with Gasteiger partial charge in [-0.2, -0.15) is 13.2 Å². The molecule has 1 unspecified atom stereocenters. The minimum Gasteiger partial charge on any atom is -0.380 e. The zero-order valence-electron chi connectivity index (χ0n) is 19.1. The van der Waals surface area contributed by atoms with E-state index < -0.39 is 23.6 Å². The van der Waals surface area contributed by atoms with Crippen molar-refractivity contribution in [2.24, 2.45) is 0 Å². The first-order valence-electron chi connectivity index (χ1n) is 11.2. The summed E-state index contributed by atoms with van der Waals surface area (Å²) in [4.78, 5) is 26.8. The van der Waals surface area contributed by atoms with Crippen LogP contribution in [0.1, 0.15) is 38.2 Å². The summed E-state index contributed by atoms with van der Waals surface area (Å²) in [6, 6.07) is 20.4. The average Bonchev–Trinajstić information content (AvgIpc) is 3.32. The number of aliphatic hydroxyl groups excluding tert-OH is 1. The molecule has 2 aromatic heterocycles. The van der Waals surface area contributed by atoms with Crippen molar-refractivity contribution in [3.8, 4) is 0 Å². The highest BCUT2D eigenvalue weighted by Crippen LogP contribution is 2.32. The quantitative estimate of drug-likeness (QED) is 0.243. The Morgan fingerprint density at radius 1 is 0.946 bits per heavy atom. The number of carbonyl (C=O) groups is 1. The van der Waals surface area contributed by atoms with Crippen molar-refractivity contribution >= 4 is 39.0 Å². The van der Waals surface area contributed by atoms with E-state index in [0.29, 0.717) is 50.0 Å². The third kappa shape index (κ3) is 5.35. The van der Waals surface area contributed by atoms with Gasteiger partial charge in [0.1, 0.15) is 27.8 Å². The highest BCUT2D eigenvalue weighted by molar-refractivity contribution is 7.18. The molecule has 2 heterocycles. The normalized spacial score (nSPS) is 12.4. The molecule has 37 heavy (non-hydrogen) atoms. The second kappa shape index (κ2) is 10.1. The minimum atomic E-state index is -4.42. The molecule has 0 bridgehead atoms. The van der Waals surface area contributed by atoms with Crippen LogP contribution in [0.2, 0.25) is 0 Å². The van der Waals surface area contributed by atoms with E-state index in [1.54, 1.807) is 36.4 Å². The van der Waals surface area contributed by atoms with E-state index >= 15 is 0 Å². The lowest BCUT2D eigenvalue weighted by Crippen LogP contribution is -2.14. The van der Waals surface area contributed by atoms with E-state index in [0.717, 1.165) is 12.1 Å². The number of aliphatic hydroxyl groups is 1. The standard InChI is InChI=1S/C27H19F3N4O2S/c28-27(29,30)18-10-12-19(13-11-18)33-25-22-26(32-15-31-25)37-21(34-22)14-17-8-4-5-9-20(17)24(36)23(35)16-6-2-1-3-7-16/h1-13,15,23,35H,14H2,(H,31,32,33). The number of nitrogens with zero attached hydrogens (tertiary/aromatic N) is 3. The Morgan fingerprint density at radius 3 is 2.38 bits per heavy atom. The third-order valence-corrected chi connectivity index (χ3v) is 6.67. The number of hydrogen-bond acceptors (Lipinski definition) is 7. The van der Waals surface area contributed by atoms with Crippen molar-refractivity contribution < 1.29 is 23.1 Å². The van der Waals surface area contributed by atoms with Gasteiger partial charge >= 0.3 is 6.18 Å². The number of hydrogen-bond donors (Lipinski definition) is 2. The molecule has 0 radical (unpaired) electrons. The number of fused-ring (bicyclic) bond motifs is 1. The van der Waals surface area contributed by atoms with Gasteiger partial charge in [0.2, 0.25) is 0 Å². The van der Waals surface area contributed by atoms with Crippen molar-refractivity contribution in [1.29, 1.82) is 0 Å². The molecule has 0 saturated heterocycles. The molecule has 6 nitrogen and oxygen atoms in total. The van der Waals surface area contributed by atoms with Crippen molar-refractivity contribution in [1.82, 2.24) is 15.0 Å². The highest BCUT2D eigenvalue weighted by atomic mass is 32.1. The topological polar surface area (TPSA) is 88.0 Å². The van der Waals surface area contributed by atoms with Gasteiger partial charge < -0.3 is 10.4 Å². The number of rotatable bonds is 7. The van der Waals surface area contributed by atoms with Crippen LogP contribution in [0.25, 0.3) is 10.3 Å². The Hall–Kier alpha value is -4.15. The van der Waals surface area contributed by atoms with Crippen molar-refractivity contribution in [3.05, 3.63) is 112 Å². The third-order valence-electron chi connectivity index (χ3n) is 5.70. The zero-order valence-corrected chi connectivity index (χ0v) is 19.9. The van der Waals surface area contributed by atoms with Crippen molar-refractivity contribution in [3.63, 3.8) is 0 Å². The predicted molar refractivity (Wildman–Crippen MR) is 135 cm³/mol. The molecule has 10 heteroatoms. The van der Waals surface area contributed by atoms with Gasteiger partial charge in [0.25, 0.3) is 0 Å². The van der Waals surface area contributed by atoms with Crippen LogP contribution in [0.5, 0.6) is 0 Å². The zero-order chi connectivity index (χ0) is 26.0. The number of nitrogens with one attached hydrogen (secondary N) is 1. The maximum atomic E-state index is 13.1. The van der Waals surface area contributed by atoms with Gasteiger partial charge in [-0.15, -0.1) is 0 Å². The summed E-state index contributed by atoms with van der Waals surface area (Å²) in [6.07, 6.45) is -4.03. The molecule has 0 aliphatic rings. The molecular formula is C27H19F3N4O2S. The van der Waals surface area contributed by atoms with Crippen LogP contribution in [-0.2, 0) is 12.6 Å². The van der Waals surface area contributed by atoms with Crippen LogP contribution in [-0.4, -0.2) is 25.8 Å². The SMILES string of the molecule is O=C(c1ccccc1Cc1nc2c(Nc3ccc(C(F)(F)F)cc3)ncnc2s1)C(O)c1ccccc1. The number of alkyl halides is 3. The molecule has 3 aromatic carbocycles. The van der Waals surface area contributed by atoms with Gasteiger partial charge in [-0.3, -0.25) is 4.79 Å². The fourth-order valence-corrected chi connectivity index (χ4v) is 4.78. The second-order valence-corrected chi connectivity index (χ2v) is 9.26. The first-order valence-corrected chi connectivity index (χ1v) is 12.0. The number of halogens is 3. The number of ketones is 1. The minimum absolute atomic E-state index is 0.324. The molecule has 0 saturated carbocycles. The van der Waals surface area contributed by atoms with Gasteiger partial charge in [-0.1, -0.05) is 65.9 Å². The average molecular weight is 521 g/mol. The smallest absolute Gasteiger partial charge is 0.380 e. The van der Waals surface area contributed by atoms with Gasteiger partial charge in [-0.25, -0.2) is 15.0 Å². The number of carbonyl (C=O) groups excluding carboxylic acids is 1. The van der Waals surface area contributed by atoms with Crippen LogP contribution in [0, 0.1) is 0 Å². The molecule has 0 aliphatic carbocycles. The fourth-order valence-electron chi connectivity index (χ4n) is 3.86. The molecule has 0 fully saturated rings. The van der Waals surface area contributed by atoms with Crippen LogP contribution in [0.4, 0.5) is 24.7 Å². The number of thiazole rings is 1. The number of Topliss-reactive ketones (excluding diaryl/α,β-unsaturated/α-hetero) is 1. The van der Waals surface area contributed by atoms with Crippen LogP contribution < -0.4 is 5.32 Å². The van der Waals surface area contributed by atoms with Crippen molar-refractivity contribution in [2.75, 3.05) is 5.32 Å². The van der Waals surface area contributed by atoms with E-state index in [9.17, 15) is 23.1 Å². The number of aromatic nitrogens is 3. The Labute approximate surface area is 213 Å². The molecule has 186 valence electrons. The lowest BCUT2D eigenvalue weighted by Gasteiger charge is -2.13. The summed E-state index contributed by atoms with van der Waals surface area (Å²) < 4.78 is 38.6. The summed E-state index contributed by atoms with van der Waals surface area (Å²) in [5, 5.41) is 14.3. The predicted octanol–water partition coefficient (Wildman–Crippen LogP) is 6.36. The molecule has 1 atom stereocenters. The van der Waals surface area contributed by atoms with E-state index in [2.05, 4.69) is 20.3 Å². The maximum Gasteiger partial charge on any atom is 0.416 e. The Balaban J connectivity index is 1.40. The van der Waals surface area contributed by atoms with E-state index in [1.165, 1.54) is 29.8 Å². The summed E-state index contributed by atoms with van der Waals surface area (Å²) in [5.41, 5.74) is 1.76. The first kappa shape index (κ1) is 24.5. The molecule has 0 aliphatic heterocycles. The van der Waals surface area contributed by atoms with E-state index in [4.69, 9.17) is 0 Å². The van der Waals surface area contributed by atoms with Gasteiger partial charge in [0.05, 0.1) is 5.56 Å². The molecular weight excluding hydrogens is 501 g/mol. The fraction of sp³-hybridized carbons (Fsp3) is 0.111. The van der Waals surface area contributed by atoms with E-state index in [1.807, 2.05) is 18.2 Å². The maximum absolute atomic E-state index is 13.1. The summed E-state index contributed by atoms with van der Waals surface area (Å²) >= 11 is 1.32. The molecule has 5 rings (SSSR count). The summed E-state index contributed by atoms with van der Waals surface area (Å²) in [7, 11) is 0. The largest absolute Gasteiger partial charge is 0.416 e. The van der Waals surface area contributed by atoms with Gasteiger partial charge in [-0.05, 0) is 35.4 Å². The summed E-state index contributed by atoms with van der Waals surface area (Å²) in [5.74, 6) is -0.0523. The second-order valence-electron chi connectivity index (χ2n) is 8.20. The number of benzene rings is 3.